The van der Waals surface area contributed by atoms with E-state index >= 15 is 0 Å². The first-order valence-electron chi connectivity index (χ1n) is 4.70. The fourth-order valence-corrected chi connectivity index (χ4v) is 2.30. The van der Waals surface area contributed by atoms with Crippen LogP contribution in [0.3, 0.4) is 0 Å². The van der Waals surface area contributed by atoms with E-state index in [0.29, 0.717) is 10.6 Å². The van der Waals surface area contributed by atoms with Crippen LogP contribution in [0, 0.1) is 0 Å². The van der Waals surface area contributed by atoms with Crippen LogP contribution in [-0.4, -0.2) is 18.8 Å². The lowest BCUT2D eigenvalue weighted by Crippen LogP contribution is -2.02. The number of ether oxygens (including phenoxy) is 1. The molecule has 1 rings (SSSR count). The molecule has 0 N–H and O–H groups in total. The SMILES string of the molecule is CCCSc1cccc(C(=O)OC)c1Cl. The van der Waals surface area contributed by atoms with Crippen molar-refractivity contribution in [3.8, 4) is 0 Å². The molecule has 1 aromatic carbocycles. The monoisotopic (exact) mass is 244 g/mol. The van der Waals surface area contributed by atoms with E-state index in [-0.39, 0.29) is 5.97 Å². The highest BCUT2D eigenvalue weighted by Gasteiger charge is 2.13. The summed E-state index contributed by atoms with van der Waals surface area (Å²) in [5.41, 5.74) is 0.431. The highest BCUT2D eigenvalue weighted by atomic mass is 35.5. The van der Waals surface area contributed by atoms with E-state index in [1.54, 1.807) is 17.8 Å². The molecule has 0 saturated carbocycles. The molecule has 82 valence electrons. The molecule has 0 atom stereocenters. The van der Waals surface area contributed by atoms with Gasteiger partial charge >= 0.3 is 5.97 Å². The molecule has 0 fully saturated rings. The first kappa shape index (κ1) is 12.4. The molecular weight excluding hydrogens is 232 g/mol. The molecule has 1 aromatic rings. The molecule has 0 aromatic heterocycles. The van der Waals surface area contributed by atoms with Crippen molar-refractivity contribution in [3.05, 3.63) is 28.8 Å². The Morgan fingerprint density at radius 1 is 1.53 bits per heavy atom. The molecule has 0 amide bonds. The van der Waals surface area contributed by atoms with Gasteiger partial charge in [0.15, 0.2) is 0 Å². The Labute approximate surface area is 99.0 Å². The number of hydrogen-bond acceptors (Lipinski definition) is 3. The summed E-state index contributed by atoms with van der Waals surface area (Å²) in [7, 11) is 1.35. The first-order valence-corrected chi connectivity index (χ1v) is 6.06. The maximum atomic E-state index is 11.3. The number of methoxy groups -OCH3 is 1. The fraction of sp³-hybridized carbons (Fsp3) is 0.364. The average Bonchev–Trinajstić information content (AvgIpc) is 2.27. The van der Waals surface area contributed by atoms with Crippen molar-refractivity contribution < 1.29 is 9.53 Å². The highest BCUT2D eigenvalue weighted by Crippen LogP contribution is 2.30. The molecule has 0 spiro atoms. The Morgan fingerprint density at radius 3 is 2.87 bits per heavy atom. The molecule has 0 aliphatic carbocycles. The Morgan fingerprint density at radius 2 is 2.27 bits per heavy atom. The van der Waals surface area contributed by atoms with E-state index in [1.165, 1.54) is 7.11 Å². The summed E-state index contributed by atoms with van der Waals surface area (Å²) in [6, 6.07) is 5.40. The standard InChI is InChI=1S/C11H13ClO2S/c1-3-7-15-9-6-4-5-8(10(9)12)11(13)14-2/h4-6H,3,7H2,1-2H3. The predicted molar refractivity (Wildman–Crippen MR) is 63.8 cm³/mol. The molecule has 0 saturated heterocycles. The Balaban J connectivity index is 2.95. The molecule has 0 heterocycles. The second kappa shape index (κ2) is 6.03. The largest absolute Gasteiger partial charge is 0.465 e. The van der Waals surface area contributed by atoms with Crippen LogP contribution in [-0.2, 0) is 4.74 Å². The van der Waals surface area contributed by atoms with Crippen LogP contribution in [0.5, 0.6) is 0 Å². The van der Waals surface area contributed by atoms with Gasteiger partial charge < -0.3 is 4.74 Å². The van der Waals surface area contributed by atoms with Crippen molar-refractivity contribution in [1.82, 2.24) is 0 Å². The number of thioether (sulfide) groups is 1. The maximum Gasteiger partial charge on any atom is 0.339 e. The minimum Gasteiger partial charge on any atom is -0.465 e. The number of carbonyl (C=O) groups excluding carboxylic acids is 1. The minimum atomic E-state index is -0.390. The smallest absolute Gasteiger partial charge is 0.339 e. The van der Waals surface area contributed by atoms with E-state index in [4.69, 9.17) is 11.6 Å². The lowest BCUT2D eigenvalue weighted by atomic mass is 10.2. The van der Waals surface area contributed by atoms with Crippen molar-refractivity contribution in [2.45, 2.75) is 18.2 Å². The Hall–Kier alpha value is -0.670. The number of esters is 1. The molecule has 0 aliphatic heterocycles. The summed E-state index contributed by atoms with van der Waals surface area (Å²) in [4.78, 5) is 12.3. The van der Waals surface area contributed by atoms with Gasteiger partial charge in [0.1, 0.15) is 0 Å². The van der Waals surface area contributed by atoms with Gasteiger partial charge in [0.2, 0.25) is 0 Å². The second-order valence-corrected chi connectivity index (χ2v) is 4.47. The van der Waals surface area contributed by atoms with Crippen molar-refractivity contribution in [2.75, 3.05) is 12.9 Å². The van der Waals surface area contributed by atoms with Gasteiger partial charge in [-0.2, -0.15) is 0 Å². The first-order chi connectivity index (χ1) is 7.20. The summed E-state index contributed by atoms with van der Waals surface area (Å²) in [5, 5.41) is 0.489. The summed E-state index contributed by atoms with van der Waals surface area (Å²) in [5.74, 6) is 0.601. The van der Waals surface area contributed by atoms with Crippen LogP contribution in [0.2, 0.25) is 5.02 Å². The van der Waals surface area contributed by atoms with Gasteiger partial charge in [-0.3, -0.25) is 0 Å². The molecule has 4 heteroatoms. The molecule has 0 radical (unpaired) electrons. The van der Waals surface area contributed by atoms with Gasteiger partial charge in [-0.15, -0.1) is 11.8 Å². The fourth-order valence-electron chi connectivity index (χ4n) is 1.10. The second-order valence-electron chi connectivity index (χ2n) is 2.96. The van der Waals surface area contributed by atoms with Crippen LogP contribution in [0.4, 0.5) is 0 Å². The Bertz CT molecular complexity index is 352. The van der Waals surface area contributed by atoms with Crippen LogP contribution < -0.4 is 0 Å². The van der Waals surface area contributed by atoms with Crippen LogP contribution in [0.25, 0.3) is 0 Å². The highest BCUT2D eigenvalue weighted by molar-refractivity contribution is 7.99. The van der Waals surface area contributed by atoms with Crippen LogP contribution >= 0.6 is 23.4 Å². The number of halogens is 1. The molecule has 0 aliphatic rings. The summed E-state index contributed by atoms with van der Waals surface area (Å²) < 4.78 is 4.64. The van der Waals surface area contributed by atoms with Crippen molar-refractivity contribution in [1.29, 1.82) is 0 Å². The third kappa shape index (κ3) is 3.14. The third-order valence-electron chi connectivity index (χ3n) is 1.83. The molecule has 0 unspecified atom stereocenters. The molecular formula is C11H13ClO2S. The minimum absolute atomic E-state index is 0.390. The van der Waals surface area contributed by atoms with E-state index < -0.39 is 0 Å². The van der Waals surface area contributed by atoms with Crippen LogP contribution in [0.1, 0.15) is 23.7 Å². The molecule has 15 heavy (non-hydrogen) atoms. The number of hydrogen-bond donors (Lipinski definition) is 0. The van der Waals surface area contributed by atoms with Crippen molar-refractivity contribution in [2.24, 2.45) is 0 Å². The Kier molecular flexibility index (Phi) is 4.99. The van der Waals surface area contributed by atoms with E-state index in [1.807, 2.05) is 12.1 Å². The summed E-state index contributed by atoms with van der Waals surface area (Å²) in [6.07, 6.45) is 1.07. The number of rotatable bonds is 4. The van der Waals surface area contributed by atoms with E-state index in [0.717, 1.165) is 17.1 Å². The summed E-state index contributed by atoms with van der Waals surface area (Å²) >= 11 is 7.75. The quantitative estimate of drug-likeness (QED) is 0.598. The van der Waals surface area contributed by atoms with Gasteiger partial charge in [0, 0.05) is 4.90 Å². The topological polar surface area (TPSA) is 26.3 Å². The lowest BCUT2D eigenvalue weighted by Gasteiger charge is -2.06. The van der Waals surface area contributed by atoms with E-state index in [2.05, 4.69) is 11.7 Å². The van der Waals surface area contributed by atoms with Gasteiger partial charge in [-0.05, 0) is 24.3 Å². The average molecular weight is 245 g/mol. The van der Waals surface area contributed by atoms with Gasteiger partial charge in [0.25, 0.3) is 0 Å². The predicted octanol–water partition coefficient (Wildman–Crippen LogP) is 3.63. The lowest BCUT2D eigenvalue weighted by molar-refractivity contribution is 0.0600. The zero-order chi connectivity index (χ0) is 11.3. The zero-order valence-corrected chi connectivity index (χ0v) is 10.3. The van der Waals surface area contributed by atoms with Crippen molar-refractivity contribution >= 4 is 29.3 Å². The zero-order valence-electron chi connectivity index (χ0n) is 8.75. The molecule has 2 nitrogen and oxygen atoms in total. The normalized spacial score (nSPS) is 10.1. The van der Waals surface area contributed by atoms with E-state index in [9.17, 15) is 4.79 Å². The van der Waals surface area contributed by atoms with Crippen LogP contribution in [0.15, 0.2) is 23.1 Å². The van der Waals surface area contributed by atoms with Gasteiger partial charge in [0.05, 0.1) is 17.7 Å². The number of benzene rings is 1. The van der Waals surface area contributed by atoms with Gasteiger partial charge in [-0.25, -0.2) is 4.79 Å². The number of carbonyl (C=O) groups is 1. The maximum absolute atomic E-state index is 11.3. The van der Waals surface area contributed by atoms with Crippen molar-refractivity contribution in [3.63, 3.8) is 0 Å². The van der Waals surface area contributed by atoms with Gasteiger partial charge in [-0.1, -0.05) is 24.6 Å². The molecule has 0 bridgehead atoms. The third-order valence-corrected chi connectivity index (χ3v) is 3.61. The summed E-state index contributed by atoms with van der Waals surface area (Å²) in [6.45, 7) is 2.10.